The van der Waals surface area contributed by atoms with E-state index < -0.39 is 0 Å². The van der Waals surface area contributed by atoms with Gasteiger partial charge >= 0.3 is 0 Å². The van der Waals surface area contributed by atoms with Gasteiger partial charge in [-0.25, -0.2) is 0 Å². The average Bonchev–Trinajstić information content (AvgIpc) is 2.94. The predicted molar refractivity (Wildman–Crippen MR) is 84.0 cm³/mol. The van der Waals surface area contributed by atoms with Gasteiger partial charge in [0.15, 0.2) is 0 Å². The van der Waals surface area contributed by atoms with Crippen molar-refractivity contribution in [1.29, 1.82) is 0 Å². The summed E-state index contributed by atoms with van der Waals surface area (Å²) in [6.45, 7) is 4.40. The minimum Gasteiger partial charge on any atom is -0.497 e. The number of benzene rings is 1. The normalized spacial score (nSPS) is 19.3. The molecule has 4 heteroatoms. The maximum absolute atomic E-state index is 12.5. The minimum absolute atomic E-state index is 0.00731. The zero-order valence-corrected chi connectivity index (χ0v) is 13.2. The molecular formula is C18H21NO3. The summed E-state index contributed by atoms with van der Waals surface area (Å²) < 4.78 is 10.7. The van der Waals surface area contributed by atoms with Crippen molar-refractivity contribution in [2.75, 3.05) is 7.11 Å². The highest BCUT2D eigenvalue weighted by Crippen LogP contribution is 2.41. The third kappa shape index (κ3) is 2.86. The first kappa shape index (κ1) is 14.7. The van der Waals surface area contributed by atoms with Crippen LogP contribution in [0.2, 0.25) is 0 Å². The first-order chi connectivity index (χ1) is 10.5. The Kier molecular flexibility index (Phi) is 3.69. The van der Waals surface area contributed by atoms with Crippen LogP contribution in [0.3, 0.4) is 0 Å². The molecule has 0 aliphatic heterocycles. The summed E-state index contributed by atoms with van der Waals surface area (Å²) in [6.07, 6.45) is 3.52. The van der Waals surface area contributed by atoms with Gasteiger partial charge < -0.3 is 14.5 Å². The topological polar surface area (TPSA) is 51.5 Å². The summed E-state index contributed by atoms with van der Waals surface area (Å²) >= 11 is 0. The third-order valence-corrected chi connectivity index (χ3v) is 4.21. The number of fused-ring (bicyclic) bond motifs is 1. The molecule has 1 aromatic carbocycles. The molecule has 4 nitrogen and oxygen atoms in total. The van der Waals surface area contributed by atoms with E-state index in [1.807, 2.05) is 6.07 Å². The van der Waals surface area contributed by atoms with Crippen LogP contribution in [0.25, 0.3) is 0 Å². The van der Waals surface area contributed by atoms with Crippen LogP contribution >= 0.6 is 0 Å². The molecule has 0 spiro atoms. The first-order valence-corrected chi connectivity index (χ1v) is 7.50. The van der Waals surface area contributed by atoms with Gasteiger partial charge in [0.1, 0.15) is 11.5 Å². The molecule has 0 saturated carbocycles. The van der Waals surface area contributed by atoms with Crippen LogP contribution in [0.4, 0.5) is 0 Å². The van der Waals surface area contributed by atoms with Crippen LogP contribution in [-0.4, -0.2) is 13.0 Å². The van der Waals surface area contributed by atoms with Gasteiger partial charge in [0.05, 0.1) is 19.4 Å². The van der Waals surface area contributed by atoms with Gasteiger partial charge in [0, 0.05) is 17.5 Å². The van der Waals surface area contributed by atoms with E-state index in [2.05, 4.69) is 19.2 Å². The van der Waals surface area contributed by atoms with E-state index in [1.54, 1.807) is 37.6 Å². The van der Waals surface area contributed by atoms with Crippen LogP contribution in [0.15, 0.2) is 41.0 Å². The van der Waals surface area contributed by atoms with Crippen molar-refractivity contribution in [2.24, 2.45) is 5.41 Å². The summed E-state index contributed by atoms with van der Waals surface area (Å²) in [7, 11) is 1.61. The molecule has 0 fully saturated rings. The molecule has 0 bridgehead atoms. The van der Waals surface area contributed by atoms with E-state index in [9.17, 15) is 4.79 Å². The molecule has 1 amide bonds. The number of rotatable bonds is 3. The predicted octanol–water partition coefficient (Wildman–Crippen LogP) is 3.73. The highest BCUT2D eigenvalue weighted by atomic mass is 16.5. The highest BCUT2D eigenvalue weighted by molar-refractivity contribution is 5.94. The maximum Gasteiger partial charge on any atom is 0.251 e. The van der Waals surface area contributed by atoms with Crippen molar-refractivity contribution in [3.05, 3.63) is 53.5 Å². The number of hydrogen-bond acceptors (Lipinski definition) is 3. The van der Waals surface area contributed by atoms with Crippen molar-refractivity contribution in [3.8, 4) is 5.75 Å². The summed E-state index contributed by atoms with van der Waals surface area (Å²) in [5.41, 5.74) is 1.85. The second kappa shape index (κ2) is 5.52. The smallest absolute Gasteiger partial charge is 0.251 e. The number of hydrogen-bond donors (Lipinski definition) is 1. The summed E-state index contributed by atoms with van der Waals surface area (Å²) in [5.74, 6) is 1.65. The molecule has 1 heterocycles. The molecule has 1 aromatic heterocycles. The second-order valence-electron chi connectivity index (χ2n) is 6.60. The number of carbonyl (C=O) groups is 1. The first-order valence-electron chi connectivity index (χ1n) is 7.50. The molecule has 3 rings (SSSR count). The molecule has 0 unspecified atom stereocenters. The average molecular weight is 299 g/mol. The Morgan fingerprint density at radius 1 is 1.27 bits per heavy atom. The second-order valence-corrected chi connectivity index (χ2v) is 6.60. The van der Waals surface area contributed by atoms with Gasteiger partial charge in [-0.05, 0) is 42.2 Å². The Morgan fingerprint density at radius 3 is 2.68 bits per heavy atom. The van der Waals surface area contributed by atoms with E-state index >= 15 is 0 Å². The van der Waals surface area contributed by atoms with Crippen LogP contribution in [-0.2, 0) is 6.42 Å². The van der Waals surface area contributed by atoms with E-state index in [-0.39, 0.29) is 17.4 Å². The lowest BCUT2D eigenvalue weighted by molar-refractivity contribution is 0.0917. The minimum atomic E-state index is -0.0718. The standard InChI is InChI=1S/C18H21NO3/c1-18(2)10-15(14-8-9-22-16(14)11-18)19-17(20)12-4-6-13(21-3)7-5-12/h4-9,15H,10-11H2,1-3H3,(H,19,20)/t15-/m1/s1. The fraction of sp³-hybridized carbons (Fsp3) is 0.389. The quantitative estimate of drug-likeness (QED) is 0.939. The maximum atomic E-state index is 12.5. The molecule has 2 aromatic rings. The molecule has 1 aliphatic rings. The highest BCUT2D eigenvalue weighted by Gasteiger charge is 2.35. The van der Waals surface area contributed by atoms with Crippen LogP contribution in [0.5, 0.6) is 5.75 Å². The Bertz CT molecular complexity index is 670. The van der Waals surface area contributed by atoms with E-state index in [1.165, 1.54) is 0 Å². The molecule has 22 heavy (non-hydrogen) atoms. The molecule has 0 saturated heterocycles. The van der Waals surface area contributed by atoms with E-state index in [0.717, 1.165) is 29.9 Å². The van der Waals surface area contributed by atoms with Gasteiger partial charge in [-0.3, -0.25) is 4.79 Å². The fourth-order valence-electron chi connectivity index (χ4n) is 3.09. The monoisotopic (exact) mass is 299 g/mol. The molecule has 116 valence electrons. The van der Waals surface area contributed by atoms with Crippen LogP contribution < -0.4 is 10.1 Å². The van der Waals surface area contributed by atoms with Crippen molar-refractivity contribution < 1.29 is 13.9 Å². The molecule has 1 atom stereocenters. The van der Waals surface area contributed by atoms with E-state index in [4.69, 9.17) is 9.15 Å². The Labute approximate surface area is 130 Å². The van der Waals surface area contributed by atoms with Gasteiger partial charge in [0.25, 0.3) is 5.91 Å². The summed E-state index contributed by atoms with van der Waals surface area (Å²) in [6, 6.07) is 9.10. The van der Waals surface area contributed by atoms with Crippen molar-refractivity contribution in [3.63, 3.8) is 0 Å². The lowest BCUT2D eigenvalue weighted by Gasteiger charge is -2.34. The molecular weight excluding hydrogens is 278 g/mol. The van der Waals surface area contributed by atoms with Gasteiger partial charge in [-0.15, -0.1) is 0 Å². The van der Waals surface area contributed by atoms with E-state index in [0.29, 0.717) is 5.56 Å². The number of nitrogens with one attached hydrogen (secondary N) is 1. The molecule has 0 radical (unpaired) electrons. The number of furan rings is 1. The number of ether oxygens (including phenoxy) is 1. The zero-order valence-electron chi connectivity index (χ0n) is 13.2. The van der Waals surface area contributed by atoms with Crippen molar-refractivity contribution >= 4 is 5.91 Å². The Hall–Kier alpha value is -2.23. The number of methoxy groups -OCH3 is 1. The largest absolute Gasteiger partial charge is 0.497 e. The fourth-order valence-corrected chi connectivity index (χ4v) is 3.09. The summed E-state index contributed by atoms with van der Waals surface area (Å²) in [4.78, 5) is 12.5. The van der Waals surface area contributed by atoms with Crippen LogP contribution in [0, 0.1) is 5.41 Å². The van der Waals surface area contributed by atoms with Gasteiger partial charge in [-0.1, -0.05) is 13.8 Å². The number of carbonyl (C=O) groups excluding carboxylic acids is 1. The lowest BCUT2D eigenvalue weighted by Crippen LogP contribution is -2.36. The molecule has 1 aliphatic carbocycles. The summed E-state index contributed by atoms with van der Waals surface area (Å²) in [5, 5.41) is 3.13. The van der Waals surface area contributed by atoms with Gasteiger partial charge in [0.2, 0.25) is 0 Å². The number of amides is 1. The van der Waals surface area contributed by atoms with Crippen LogP contribution in [0.1, 0.15) is 48.0 Å². The molecule has 1 N–H and O–H groups in total. The Balaban J connectivity index is 1.79. The van der Waals surface area contributed by atoms with Gasteiger partial charge in [-0.2, -0.15) is 0 Å². The Morgan fingerprint density at radius 2 is 2.00 bits per heavy atom. The SMILES string of the molecule is COc1ccc(C(=O)N[C@@H]2CC(C)(C)Cc3occc32)cc1. The zero-order chi connectivity index (χ0) is 15.7. The lowest BCUT2D eigenvalue weighted by atomic mass is 9.74. The van der Waals surface area contributed by atoms with Crippen molar-refractivity contribution in [1.82, 2.24) is 5.32 Å². The van der Waals surface area contributed by atoms with Crippen molar-refractivity contribution in [2.45, 2.75) is 32.7 Å². The third-order valence-electron chi connectivity index (χ3n) is 4.21.